The van der Waals surface area contributed by atoms with Crippen LogP contribution in [0.25, 0.3) is 0 Å². The largest absolute Gasteiger partial charge is 0.374 e. The molecule has 0 saturated carbocycles. The maximum absolute atomic E-state index is 14.5. The zero-order valence-electron chi connectivity index (χ0n) is 16.3. The van der Waals surface area contributed by atoms with Gasteiger partial charge < -0.3 is 5.11 Å². The quantitative estimate of drug-likeness (QED) is 0.167. The van der Waals surface area contributed by atoms with Gasteiger partial charge in [-0.15, -0.1) is 0 Å². The summed E-state index contributed by atoms with van der Waals surface area (Å²) in [6, 6.07) is 16.3. The van der Waals surface area contributed by atoms with Gasteiger partial charge in [-0.1, -0.05) is 36.4 Å². The van der Waals surface area contributed by atoms with Crippen LogP contribution in [0.2, 0.25) is 0 Å². The fraction of sp³-hybridized carbons (Fsp3) is 0.0909. The summed E-state index contributed by atoms with van der Waals surface area (Å²) in [5.41, 5.74) is -1.24. The van der Waals surface area contributed by atoms with Crippen LogP contribution in [0.1, 0.15) is 27.8 Å². The topological polar surface area (TPSA) is 89.6 Å². The van der Waals surface area contributed by atoms with Crippen LogP contribution in [-0.2, 0) is 10.4 Å². The number of pyridine rings is 1. The number of aryl methyl sites for hydroxylation is 1. The van der Waals surface area contributed by atoms with E-state index >= 15 is 0 Å². The van der Waals surface area contributed by atoms with E-state index in [1.165, 1.54) is 24.3 Å². The second kappa shape index (κ2) is 8.85. The molecule has 3 rings (SSSR count). The third-order valence-electron chi connectivity index (χ3n) is 4.57. The Morgan fingerprint density at radius 2 is 1.84 bits per heavy atom. The Labute approximate surface area is 178 Å². The molecule has 152 valence electrons. The number of amides is 1. The van der Waals surface area contributed by atoms with Crippen molar-refractivity contribution >= 4 is 20.0 Å². The first-order valence-corrected chi connectivity index (χ1v) is 9.01. The van der Waals surface area contributed by atoms with Crippen molar-refractivity contribution in [3.05, 3.63) is 100 Å². The maximum Gasteiger partial charge on any atom is 0.232 e. The summed E-state index contributed by atoms with van der Waals surface area (Å²) in [6.45, 7) is 1.74. The Morgan fingerprint density at radius 3 is 2.42 bits per heavy atom. The van der Waals surface area contributed by atoms with E-state index in [2.05, 4.69) is 10.1 Å². The van der Waals surface area contributed by atoms with Crippen LogP contribution in [0.5, 0.6) is 0 Å². The summed E-state index contributed by atoms with van der Waals surface area (Å²) in [7, 11) is 5.98. The summed E-state index contributed by atoms with van der Waals surface area (Å²) >= 11 is 0. The average Bonchev–Trinajstić information content (AvgIpc) is 2.76. The number of nitriles is 1. The first-order chi connectivity index (χ1) is 14.8. The van der Waals surface area contributed by atoms with Gasteiger partial charge in [-0.05, 0) is 42.3 Å². The number of carbonyl (C=O) groups is 1. The molecule has 1 atom stereocenters. The van der Waals surface area contributed by atoms with E-state index in [1.807, 2.05) is 6.07 Å². The van der Waals surface area contributed by atoms with Crippen LogP contribution in [-0.4, -0.2) is 35.1 Å². The van der Waals surface area contributed by atoms with E-state index in [-0.39, 0.29) is 23.2 Å². The number of carbonyl (C=O) groups excluding carboxylic acids is 1. The molecule has 0 spiro atoms. The van der Waals surface area contributed by atoms with Crippen LogP contribution in [0, 0.1) is 30.2 Å². The van der Waals surface area contributed by atoms with Crippen LogP contribution < -0.4 is 0 Å². The molecule has 1 heterocycles. The number of rotatable bonds is 6. The SMILES string of the molecule is [B]C(O)(c1ccc(C#N)cc1)N(C=O)/N=C(\c1ccccc1C)c1ccc(F)nc1F. The Balaban J connectivity index is 2.18. The monoisotopic (exact) mass is 416 g/mol. The van der Waals surface area contributed by atoms with Crippen molar-refractivity contribution in [3.8, 4) is 6.07 Å². The van der Waals surface area contributed by atoms with Crippen molar-refractivity contribution < 1.29 is 18.7 Å². The van der Waals surface area contributed by atoms with Crippen molar-refractivity contribution in [3.63, 3.8) is 0 Å². The Kier molecular flexibility index (Phi) is 6.23. The highest BCUT2D eigenvalue weighted by molar-refractivity contribution is 6.16. The molecule has 6 nitrogen and oxygen atoms in total. The number of hydrogen-bond acceptors (Lipinski definition) is 5. The number of aliphatic hydroxyl groups is 1. The van der Waals surface area contributed by atoms with E-state index in [0.29, 0.717) is 21.7 Å². The van der Waals surface area contributed by atoms with Crippen molar-refractivity contribution in [1.82, 2.24) is 9.99 Å². The van der Waals surface area contributed by atoms with Gasteiger partial charge >= 0.3 is 0 Å². The minimum Gasteiger partial charge on any atom is -0.374 e. The molecule has 2 aromatic carbocycles. The van der Waals surface area contributed by atoms with Crippen LogP contribution >= 0.6 is 0 Å². The van der Waals surface area contributed by atoms with Gasteiger partial charge in [0.25, 0.3) is 0 Å². The summed E-state index contributed by atoms with van der Waals surface area (Å²) in [4.78, 5) is 15.0. The predicted octanol–water partition coefficient (Wildman–Crippen LogP) is 2.72. The second-order valence-corrected chi connectivity index (χ2v) is 6.60. The first-order valence-electron chi connectivity index (χ1n) is 9.01. The zero-order chi connectivity index (χ0) is 22.6. The van der Waals surface area contributed by atoms with Gasteiger partial charge in [0, 0.05) is 5.56 Å². The number of halogens is 2. The van der Waals surface area contributed by atoms with Crippen LogP contribution in [0.3, 0.4) is 0 Å². The normalized spacial score (nSPS) is 13.2. The Bertz CT molecular complexity index is 1190. The molecule has 0 aliphatic heterocycles. The molecule has 3 aromatic rings. The minimum atomic E-state index is -2.42. The lowest BCUT2D eigenvalue weighted by atomic mass is 9.83. The van der Waals surface area contributed by atoms with Gasteiger partial charge in [0.15, 0.2) is 7.85 Å². The number of hydrazone groups is 1. The molecule has 0 aliphatic carbocycles. The molecule has 1 unspecified atom stereocenters. The van der Waals surface area contributed by atoms with Gasteiger partial charge in [0.05, 0.1) is 17.2 Å². The molecule has 1 amide bonds. The zero-order valence-corrected chi connectivity index (χ0v) is 16.3. The smallest absolute Gasteiger partial charge is 0.232 e. The maximum atomic E-state index is 14.5. The van der Waals surface area contributed by atoms with E-state index in [9.17, 15) is 18.7 Å². The van der Waals surface area contributed by atoms with Crippen molar-refractivity contribution in [1.29, 1.82) is 5.26 Å². The summed E-state index contributed by atoms with van der Waals surface area (Å²) in [5.74, 6) is -2.17. The minimum absolute atomic E-state index is 0.0594. The number of benzene rings is 2. The number of aromatic nitrogens is 1. The Hall–Kier alpha value is -3.90. The van der Waals surface area contributed by atoms with Crippen molar-refractivity contribution in [2.24, 2.45) is 5.10 Å². The fourth-order valence-corrected chi connectivity index (χ4v) is 2.89. The summed E-state index contributed by atoms with van der Waals surface area (Å²) in [6.07, 6.45) is 0.172. The molecule has 9 heteroatoms. The molecular weight excluding hydrogens is 401 g/mol. The van der Waals surface area contributed by atoms with Gasteiger partial charge in [0.2, 0.25) is 18.3 Å². The molecule has 1 aromatic heterocycles. The van der Waals surface area contributed by atoms with Gasteiger partial charge in [-0.25, -0.2) is 5.01 Å². The highest BCUT2D eigenvalue weighted by Crippen LogP contribution is 2.25. The number of nitrogens with zero attached hydrogens (tertiary/aromatic N) is 4. The lowest BCUT2D eigenvalue weighted by Gasteiger charge is -2.32. The molecule has 2 radical (unpaired) electrons. The standard InChI is InChI=1S/C22H15BF2N4O2/c1-14-4-2-3-5-17(14)20(18-10-11-19(24)27-21(18)25)28-29(13-30)22(23,31)16-8-6-15(12-26)7-9-16/h2-11,13,31H,1H3/b28-20+. The molecule has 31 heavy (non-hydrogen) atoms. The predicted molar refractivity (Wildman–Crippen MR) is 110 cm³/mol. The third-order valence-corrected chi connectivity index (χ3v) is 4.57. The summed E-state index contributed by atoms with van der Waals surface area (Å²) in [5, 5.41) is 24.4. The third kappa shape index (κ3) is 4.49. The van der Waals surface area contributed by atoms with Crippen LogP contribution in [0.15, 0.2) is 65.8 Å². The molecule has 0 fully saturated rings. The first kappa shape index (κ1) is 21.8. The highest BCUT2D eigenvalue weighted by Gasteiger charge is 2.31. The van der Waals surface area contributed by atoms with Gasteiger partial charge in [-0.2, -0.15) is 24.1 Å². The lowest BCUT2D eigenvalue weighted by Crippen LogP contribution is -2.43. The molecule has 0 saturated heterocycles. The van der Waals surface area contributed by atoms with E-state index < -0.39 is 17.5 Å². The van der Waals surface area contributed by atoms with E-state index in [0.717, 1.165) is 12.1 Å². The molecular formula is C22H15BF2N4O2. The lowest BCUT2D eigenvalue weighted by molar-refractivity contribution is -0.133. The van der Waals surface area contributed by atoms with Crippen molar-refractivity contribution in [2.45, 2.75) is 12.5 Å². The molecule has 0 aliphatic rings. The summed E-state index contributed by atoms with van der Waals surface area (Å²) < 4.78 is 27.9. The van der Waals surface area contributed by atoms with Crippen molar-refractivity contribution in [2.75, 3.05) is 0 Å². The highest BCUT2D eigenvalue weighted by atomic mass is 19.1. The number of hydrogen-bond donors (Lipinski definition) is 1. The van der Waals surface area contributed by atoms with E-state index in [1.54, 1.807) is 31.2 Å². The van der Waals surface area contributed by atoms with Gasteiger partial charge in [-0.3, -0.25) is 4.79 Å². The molecule has 0 bridgehead atoms. The average molecular weight is 416 g/mol. The fourth-order valence-electron chi connectivity index (χ4n) is 2.89. The van der Waals surface area contributed by atoms with Crippen LogP contribution in [0.4, 0.5) is 8.78 Å². The Morgan fingerprint density at radius 1 is 1.16 bits per heavy atom. The second-order valence-electron chi connectivity index (χ2n) is 6.60. The van der Waals surface area contributed by atoms with Gasteiger partial charge in [0.1, 0.15) is 11.3 Å². The van der Waals surface area contributed by atoms with E-state index in [4.69, 9.17) is 13.1 Å². The molecule has 1 N–H and O–H groups in total.